The fraction of sp³-hybridized carbons (Fsp3) is 0.807. The molecule has 386 valence electrons. The summed E-state index contributed by atoms with van der Waals surface area (Å²) in [4.78, 5) is 23.0. The van der Waals surface area contributed by atoms with Gasteiger partial charge in [-0.3, -0.25) is 13.8 Å². The molecule has 0 rings (SSSR count). The van der Waals surface area contributed by atoms with Crippen LogP contribution in [0.15, 0.2) is 60.8 Å². The molecule has 0 bridgehead atoms. The maximum atomic E-state index is 12.8. The number of likely N-dealkylation sites (N-methyl/N-ethyl adjacent to an activating group) is 1. The number of phosphoric ester groups is 1. The summed E-state index contributed by atoms with van der Waals surface area (Å²) in [5.74, 6) is -0.182. The van der Waals surface area contributed by atoms with E-state index in [2.05, 4.69) is 67.8 Å². The zero-order valence-electron chi connectivity index (χ0n) is 43.9. The summed E-state index contributed by atoms with van der Waals surface area (Å²) < 4.78 is 23.4. The summed E-state index contributed by atoms with van der Waals surface area (Å²) in [6.45, 7) is 4.60. The van der Waals surface area contributed by atoms with E-state index in [4.69, 9.17) is 9.05 Å². The minimum atomic E-state index is -4.32. The first-order valence-corrected chi connectivity index (χ1v) is 29.2. The largest absolute Gasteiger partial charge is 0.472 e. The van der Waals surface area contributed by atoms with Crippen molar-refractivity contribution in [1.82, 2.24) is 5.32 Å². The number of quaternary nitrogens is 1. The molecule has 0 aromatic carbocycles. The van der Waals surface area contributed by atoms with Gasteiger partial charge in [0.05, 0.1) is 39.9 Å². The van der Waals surface area contributed by atoms with E-state index in [1.807, 2.05) is 27.2 Å². The van der Waals surface area contributed by atoms with Crippen molar-refractivity contribution in [2.75, 3.05) is 40.9 Å². The van der Waals surface area contributed by atoms with Crippen molar-refractivity contribution in [1.29, 1.82) is 0 Å². The number of allylic oxidation sites excluding steroid dienone is 9. The van der Waals surface area contributed by atoms with Gasteiger partial charge in [0.15, 0.2) is 0 Å². The molecular formula is C57H108N2O6P+. The number of rotatable bonds is 50. The van der Waals surface area contributed by atoms with Crippen LogP contribution in [-0.4, -0.2) is 73.4 Å². The van der Waals surface area contributed by atoms with Crippen LogP contribution in [0.1, 0.15) is 245 Å². The highest BCUT2D eigenvalue weighted by atomic mass is 31.2. The smallest absolute Gasteiger partial charge is 0.387 e. The van der Waals surface area contributed by atoms with Gasteiger partial charge in [0.2, 0.25) is 5.91 Å². The monoisotopic (exact) mass is 948 g/mol. The van der Waals surface area contributed by atoms with E-state index in [0.717, 1.165) is 70.6 Å². The van der Waals surface area contributed by atoms with Crippen molar-refractivity contribution >= 4 is 13.7 Å². The molecule has 3 unspecified atom stereocenters. The molecule has 8 nitrogen and oxygen atoms in total. The summed E-state index contributed by atoms with van der Waals surface area (Å²) in [5, 5.41) is 13.6. The number of hydrogen-bond donors (Lipinski definition) is 3. The van der Waals surface area contributed by atoms with E-state index in [9.17, 15) is 19.4 Å². The second-order valence-corrected chi connectivity index (χ2v) is 21.4. The Morgan fingerprint density at radius 1 is 0.530 bits per heavy atom. The third kappa shape index (κ3) is 50.1. The lowest BCUT2D eigenvalue weighted by molar-refractivity contribution is -0.870. The summed E-state index contributed by atoms with van der Waals surface area (Å²) in [6, 6.07) is -0.841. The van der Waals surface area contributed by atoms with Gasteiger partial charge in [-0.25, -0.2) is 4.57 Å². The molecule has 0 heterocycles. The molecule has 1 amide bonds. The number of aliphatic hydroxyl groups excluding tert-OH is 1. The third-order valence-corrected chi connectivity index (χ3v) is 13.2. The second-order valence-electron chi connectivity index (χ2n) is 19.9. The second kappa shape index (κ2) is 48.2. The van der Waals surface area contributed by atoms with Crippen LogP contribution < -0.4 is 5.32 Å². The van der Waals surface area contributed by atoms with Gasteiger partial charge in [-0.15, -0.1) is 0 Å². The maximum absolute atomic E-state index is 12.8. The van der Waals surface area contributed by atoms with Crippen LogP contribution in [0.25, 0.3) is 0 Å². The van der Waals surface area contributed by atoms with Gasteiger partial charge in [-0.05, 0) is 57.8 Å². The first kappa shape index (κ1) is 64.2. The van der Waals surface area contributed by atoms with Crippen molar-refractivity contribution in [3.63, 3.8) is 0 Å². The fourth-order valence-electron chi connectivity index (χ4n) is 7.92. The SMILES string of the molecule is CC/C=C\C/C=C\C/C=C\C/C=C\CCCCCCCCCCCCCCCCCCCCCCCCCCCCC(=O)NC(COP(=O)(O)OCC[N+](C)(C)C)C(O)/C=C/CCCCC. The third-order valence-electron chi connectivity index (χ3n) is 12.2. The molecular weight excluding hydrogens is 840 g/mol. The van der Waals surface area contributed by atoms with Gasteiger partial charge in [0.1, 0.15) is 13.2 Å². The van der Waals surface area contributed by atoms with Crippen LogP contribution in [0.2, 0.25) is 0 Å². The molecule has 0 radical (unpaired) electrons. The average Bonchev–Trinajstić information content (AvgIpc) is 3.27. The molecule has 0 fully saturated rings. The molecule has 3 N–H and O–H groups in total. The van der Waals surface area contributed by atoms with Crippen molar-refractivity contribution in [3.8, 4) is 0 Å². The standard InChI is InChI=1S/C57H107N2O6P/c1-6-8-10-12-13-14-15-16-17-18-19-20-21-22-23-24-25-26-27-28-29-30-31-32-33-34-35-36-37-38-39-40-41-42-43-44-45-47-49-51-57(61)58-55(56(60)50-48-46-11-9-7-2)54-65-66(62,63)64-53-52-59(3,4)5/h8,10,13-14,16-17,19-20,48,50,55-56,60H,6-7,9,11-12,15,18,21-47,49,51-54H2,1-5H3,(H-,58,61,62,63)/p+1/b10-8-,14-13-,17-16-,20-19-,50-48+. The van der Waals surface area contributed by atoms with Crippen LogP contribution in [0.4, 0.5) is 0 Å². The lowest BCUT2D eigenvalue weighted by Crippen LogP contribution is -2.45. The quantitative estimate of drug-likeness (QED) is 0.0243. The molecule has 3 atom stereocenters. The minimum absolute atomic E-state index is 0.0612. The van der Waals surface area contributed by atoms with Crippen LogP contribution >= 0.6 is 7.82 Å². The van der Waals surface area contributed by atoms with E-state index in [0.29, 0.717) is 17.4 Å². The topological polar surface area (TPSA) is 105 Å². The van der Waals surface area contributed by atoms with Crippen LogP contribution in [0.5, 0.6) is 0 Å². The number of carbonyl (C=O) groups is 1. The Balaban J connectivity index is 3.69. The molecule has 0 aromatic heterocycles. The molecule has 0 spiro atoms. The molecule has 0 saturated carbocycles. The van der Waals surface area contributed by atoms with Crippen LogP contribution in [0, 0.1) is 0 Å². The van der Waals surface area contributed by atoms with Gasteiger partial charge < -0.3 is 19.8 Å². The summed E-state index contributed by atoms with van der Waals surface area (Å²) in [5.41, 5.74) is 0. The maximum Gasteiger partial charge on any atom is 0.472 e. The van der Waals surface area contributed by atoms with Gasteiger partial charge in [-0.2, -0.15) is 0 Å². The summed E-state index contributed by atoms with van der Waals surface area (Å²) in [6.07, 6.45) is 65.5. The zero-order chi connectivity index (χ0) is 48.5. The lowest BCUT2D eigenvalue weighted by Gasteiger charge is -2.25. The predicted octanol–water partition coefficient (Wildman–Crippen LogP) is 16.5. The molecule has 0 aliphatic rings. The molecule has 66 heavy (non-hydrogen) atoms. The first-order valence-electron chi connectivity index (χ1n) is 27.7. The Bertz CT molecular complexity index is 1260. The minimum Gasteiger partial charge on any atom is -0.387 e. The first-order chi connectivity index (χ1) is 32.0. The van der Waals surface area contributed by atoms with Gasteiger partial charge >= 0.3 is 7.82 Å². The van der Waals surface area contributed by atoms with Crippen molar-refractivity contribution in [2.24, 2.45) is 0 Å². The molecule has 0 saturated heterocycles. The van der Waals surface area contributed by atoms with E-state index in [1.165, 1.54) is 154 Å². The molecule has 0 aliphatic heterocycles. The van der Waals surface area contributed by atoms with E-state index in [1.54, 1.807) is 6.08 Å². The molecule has 0 aliphatic carbocycles. The number of amides is 1. The highest BCUT2D eigenvalue weighted by Gasteiger charge is 2.27. The Morgan fingerprint density at radius 3 is 1.33 bits per heavy atom. The Kier molecular flexibility index (Phi) is 46.9. The number of phosphoric acid groups is 1. The molecule has 9 heteroatoms. The lowest BCUT2D eigenvalue weighted by atomic mass is 10.0. The van der Waals surface area contributed by atoms with E-state index < -0.39 is 20.0 Å². The summed E-state index contributed by atoms with van der Waals surface area (Å²) >= 11 is 0. The number of carbonyl (C=O) groups excluding carboxylic acids is 1. The van der Waals surface area contributed by atoms with E-state index >= 15 is 0 Å². The van der Waals surface area contributed by atoms with Crippen LogP contribution in [0.3, 0.4) is 0 Å². The van der Waals surface area contributed by atoms with Gasteiger partial charge in [-0.1, -0.05) is 242 Å². The number of aliphatic hydroxyl groups is 1. The van der Waals surface area contributed by atoms with Gasteiger partial charge in [0, 0.05) is 6.42 Å². The highest BCUT2D eigenvalue weighted by molar-refractivity contribution is 7.47. The number of hydrogen-bond acceptors (Lipinski definition) is 5. The van der Waals surface area contributed by atoms with E-state index in [-0.39, 0.29) is 19.1 Å². The molecule has 0 aromatic rings. The summed E-state index contributed by atoms with van der Waals surface area (Å²) in [7, 11) is 1.57. The predicted molar refractivity (Wildman–Crippen MR) is 286 cm³/mol. The van der Waals surface area contributed by atoms with Crippen LogP contribution in [-0.2, 0) is 18.4 Å². The van der Waals surface area contributed by atoms with Crippen molar-refractivity contribution < 1.29 is 32.9 Å². The average molecular weight is 948 g/mol. The normalized spacial score (nSPS) is 14.5. The van der Waals surface area contributed by atoms with Crippen molar-refractivity contribution in [3.05, 3.63) is 60.8 Å². The Hall–Kier alpha value is -1.80. The number of nitrogens with one attached hydrogen (secondary N) is 1. The van der Waals surface area contributed by atoms with Crippen molar-refractivity contribution in [2.45, 2.75) is 257 Å². The fourth-order valence-corrected chi connectivity index (χ4v) is 8.65. The Morgan fingerprint density at radius 2 is 0.909 bits per heavy atom. The Labute approximate surface area is 409 Å². The van der Waals surface area contributed by atoms with Gasteiger partial charge in [0.25, 0.3) is 0 Å². The zero-order valence-corrected chi connectivity index (χ0v) is 44.8. The number of nitrogens with zero attached hydrogens (tertiary/aromatic N) is 1. The highest BCUT2D eigenvalue weighted by Crippen LogP contribution is 2.43. The number of unbranched alkanes of at least 4 members (excludes halogenated alkanes) is 29.